The lowest BCUT2D eigenvalue weighted by atomic mass is 10.1. The molecule has 2 heterocycles. The van der Waals surface area contributed by atoms with Crippen molar-refractivity contribution in [2.24, 2.45) is 0 Å². The monoisotopic (exact) mass is 415 g/mol. The molecule has 1 saturated heterocycles. The molecular formula is C22H23Cl2N3O. The molecule has 3 aromatic rings. The van der Waals surface area contributed by atoms with Gasteiger partial charge in [-0.3, -0.25) is 4.79 Å². The Labute approximate surface area is 175 Å². The van der Waals surface area contributed by atoms with E-state index in [9.17, 15) is 4.79 Å². The number of nitrogens with zero attached hydrogens (tertiary/aromatic N) is 3. The van der Waals surface area contributed by atoms with E-state index < -0.39 is 0 Å². The molecule has 1 atom stereocenters. The van der Waals surface area contributed by atoms with E-state index in [2.05, 4.69) is 31.4 Å². The van der Waals surface area contributed by atoms with E-state index in [1.165, 1.54) is 0 Å². The highest BCUT2D eigenvalue weighted by atomic mass is 35.5. The maximum Gasteiger partial charge on any atom is 0.223 e. The molecule has 1 aliphatic rings. The van der Waals surface area contributed by atoms with Crippen molar-refractivity contribution >= 4 is 40.1 Å². The first-order valence-corrected chi connectivity index (χ1v) is 10.2. The summed E-state index contributed by atoms with van der Waals surface area (Å²) in [5, 5.41) is 1.25. The highest BCUT2D eigenvalue weighted by Crippen LogP contribution is 2.34. The number of halogens is 2. The molecule has 6 heteroatoms. The summed E-state index contributed by atoms with van der Waals surface area (Å²) in [4.78, 5) is 19.5. The number of benzene rings is 2. The first kappa shape index (κ1) is 19.3. The lowest BCUT2D eigenvalue weighted by Gasteiger charge is -2.32. The third-order valence-electron chi connectivity index (χ3n) is 5.33. The number of hydrogen-bond donors (Lipinski definition) is 0. The second kappa shape index (κ2) is 7.09. The maximum absolute atomic E-state index is 12.6. The van der Waals surface area contributed by atoms with Gasteiger partial charge in [-0.1, -0.05) is 41.4 Å². The molecule has 2 aromatic carbocycles. The van der Waals surface area contributed by atoms with Gasteiger partial charge in [0.2, 0.25) is 5.91 Å². The van der Waals surface area contributed by atoms with E-state index >= 15 is 0 Å². The summed E-state index contributed by atoms with van der Waals surface area (Å²) in [7, 11) is 0. The van der Waals surface area contributed by atoms with Crippen molar-refractivity contribution in [2.45, 2.75) is 45.2 Å². The summed E-state index contributed by atoms with van der Waals surface area (Å²) in [6.45, 7) is 7.49. The van der Waals surface area contributed by atoms with Crippen molar-refractivity contribution in [3.8, 4) is 0 Å². The zero-order chi connectivity index (χ0) is 20.1. The van der Waals surface area contributed by atoms with Crippen LogP contribution in [0.4, 0.5) is 0 Å². The second-order valence-corrected chi connectivity index (χ2v) is 9.20. The van der Waals surface area contributed by atoms with Gasteiger partial charge in [0.05, 0.1) is 17.6 Å². The summed E-state index contributed by atoms with van der Waals surface area (Å²) in [5.74, 6) is 1.18. The standard InChI is InChI=1S/C22H23Cl2N3O/c1-22(2,3)27-13-15(10-20(27)28)21-25-18-6-4-5-7-19(18)26(21)12-14-8-9-16(23)11-17(14)24/h4-9,11,15H,10,12-13H2,1-3H3/t15-/m0/s1. The first-order valence-electron chi connectivity index (χ1n) is 9.43. The van der Waals surface area contributed by atoms with Crippen molar-refractivity contribution in [3.05, 3.63) is 63.9 Å². The topological polar surface area (TPSA) is 38.1 Å². The molecule has 0 unspecified atom stereocenters. The smallest absolute Gasteiger partial charge is 0.223 e. The quantitative estimate of drug-likeness (QED) is 0.565. The number of likely N-dealkylation sites (tertiary alicyclic amines) is 1. The van der Waals surface area contributed by atoms with Crippen LogP contribution in [0.2, 0.25) is 10.0 Å². The number of imidazole rings is 1. The van der Waals surface area contributed by atoms with E-state index in [-0.39, 0.29) is 17.4 Å². The van der Waals surface area contributed by atoms with Crippen LogP contribution in [0.15, 0.2) is 42.5 Å². The van der Waals surface area contributed by atoms with Crippen molar-refractivity contribution in [1.29, 1.82) is 0 Å². The van der Waals surface area contributed by atoms with Gasteiger partial charge in [0.15, 0.2) is 0 Å². The van der Waals surface area contributed by atoms with Crippen LogP contribution in [-0.4, -0.2) is 32.4 Å². The molecule has 0 saturated carbocycles. The van der Waals surface area contributed by atoms with Crippen LogP contribution >= 0.6 is 23.2 Å². The van der Waals surface area contributed by atoms with Crippen LogP contribution in [0.3, 0.4) is 0 Å². The van der Waals surface area contributed by atoms with Crippen molar-refractivity contribution < 1.29 is 4.79 Å². The average Bonchev–Trinajstić information content (AvgIpc) is 3.18. The van der Waals surface area contributed by atoms with Crippen LogP contribution in [0.5, 0.6) is 0 Å². The third-order valence-corrected chi connectivity index (χ3v) is 5.91. The van der Waals surface area contributed by atoms with Gasteiger partial charge < -0.3 is 9.47 Å². The zero-order valence-corrected chi connectivity index (χ0v) is 17.8. The van der Waals surface area contributed by atoms with Crippen LogP contribution in [-0.2, 0) is 11.3 Å². The van der Waals surface area contributed by atoms with Gasteiger partial charge in [-0.15, -0.1) is 0 Å². The van der Waals surface area contributed by atoms with Gasteiger partial charge in [0, 0.05) is 34.5 Å². The Morgan fingerprint density at radius 3 is 2.57 bits per heavy atom. The molecule has 0 radical (unpaired) electrons. The minimum Gasteiger partial charge on any atom is -0.337 e. The Bertz CT molecular complexity index is 1050. The van der Waals surface area contributed by atoms with Crippen molar-refractivity contribution in [3.63, 3.8) is 0 Å². The van der Waals surface area contributed by atoms with Crippen LogP contribution < -0.4 is 0 Å². The summed E-state index contributed by atoms with van der Waals surface area (Å²) in [6, 6.07) is 13.6. The number of carbonyl (C=O) groups excluding carboxylic acids is 1. The molecule has 1 aromatic heterocycles. The van der Waals surface area contributed by atoms with Gasteiger partial charge in [-0.25, -0.2) is 4.98 Å². The Kier molecular flexibility index (Phi) is 4.88. The van der Waals surface area contributed by atoms with Gasteiger partial charge in [0.25, 0.3) is 0 Å². The Morgan fingerprint density at radius 2 is 1.89 bits per heavy atom. The summed E-state index contributed by atoms with van der Waals surface area (Å²) < 4.78 is 2.19. The highest BCUT2D eigenvalue weighted by Gasteiger charge is 2.39. The molecule has 1 fully saturated rings. The molecule has 0 bridgehead atoms. The number of aromatic nitrogens is 2. The van der Waals surface area contributed by atoms with Crippen LogP contribution in [0.25, 0.3) is 11.0 Å². The predicted molar refractivity (Wildman–Crippen MR) is 114 cm³/mol. The normalized spacial score (nSPS) is 17.7. The summed E-state index contributed by atoms with van der Waals surface area (Å²) in [6.07, 6.45) is 0.481. The predicted octanol–water partition coefficient (Wildman–Crippen LogP) is 5.51. The number of para-hydroxylation sites is 2. The van der Waals surface area contributed by atoms with Gasteiger partial charge in [-0.05, 0) is 50.6 Å². The molecule has 0 spiro atoms. The lowest BCUT2D eigenvalue weighted by Crippen LogP contribution is -2.42. The molecule has 1 aliphatic heterocycles. The summed E-state index contributed by atoms with van der Waals surface area (Å²) in [5.41, 5.74) is 2.77. The fourth-order valence-electron chi connectivity index (χ4n) is 3.92. The third kappa shape index (κ3) is 3.51. The fraction of sp³-hybridized carbons (Fsp3) is 0.364. The molecule has 4 rings (SSSR count). The molecule has 4 nitrogen and oxygen atoms in total. The highest BCUT2D eigenvalue weighted by molar-refractivity contribution is 6.35. The van der Waals surface area contributed by atoms with Crippen molar-refractivity contribution in [1.82, 2.24) is 14.5 Å². The number of carbonyl (C=O) groups is 1. The number of amides is 1. The molecule has 1 amide bonds. The van der Waals surface area contributed by atoms with E-state index in [1.807, 2.05) is 35.2 Å². The summed E-state index contributed by atoms with van der Waals surface area (Å²) >= 11 is 12.5. The Morgan fingerprint density at radius 1 is 1.14 bits per heavy atom. The van der Waals surface area contributed by atoms with Gasteiger partial charge >= 0.3 is 0 Å². The second-order valence-electron chi connectivity index (χ2n) is 8.36. The minimum absolute atomic E-state index is 0.0604. The first-order chi connectivity index (χ1) is 13.2. The molecule has 0 aliphatic carbocycles. The Balaban J connectivity index is 1.77. The number of hydrogen-bond acceptors (Lipinski definition) is 2. The van der Waals surface area contributed by atoms with Gasteiger partial charge in [-0.2, -0.15) is 0 Å². The minimum atomic E-state index is -0.192. The van der Waals surface area contributed by atoms with E-state index in [1.54, 1.807) is 6.07 Å². The maximum atomic E-state index is 12.6. The lowest BCUT2D eigenvalue weighted by molar-refractivity contribution is -0.131. The molecular weight excluding hydrogens is 393 g/mol. The number of rotatable bonds is 3. The van der Waals surface area contributed by atoms with Crippen LogP contribution in [0.1, 0.15) is 44.5 Å². The van der Waals surface area contributed by atoms with Gasteiger partial charge in [0.1, 0.15) is 5.82 Å². The van der Waals surface area contributed by atoms with Crippen molar-refractivity contribution in [2.75, 3.05) is 6.54 Å². The number of fused-ring (bicyclic) bond motifs is 1. The average molecular weight is 416 g/mol. The molecule has 28 heavy (non-hydrogen) atoms. The van der Waals surface area contributed by atoms with E-state index in [0.717, 1.165) is 22.4 Å². The Hall–Kier alpha value is -2.04. The van der Waals surface area contributed by atoms with E-state index in [4.69, 9.17) is 28.2 Å². The van der Waals surface area contributed by atoms with E-state index in [0.29, 0.717) is 29.6 Å². The van der Waals surface area contributed by atoms with Crippen LogP contribution in [0, 0.1) is 0 Å². The largest absolute Gasteiger partial charge is 0.337 e. The zero-order valence-electron chi connectivity index (χ0n) is 16.2. The SMILES string of the molecule is CC(C)(C)N1C[C@@H](c2nc3ccccc3n2Cc2ccc(Cl)cc2Cl)CC1=O. The molecule has 146 valence electrons. The fourth-order valence-corrected chi connectivity index (χ4v) is 4.39. The molecule has 0 N–H and O–H groups in total.